The first-order valence-corrected chi connectivity index (χ1v) is 5.23. The predicted octanol–water partition coefficient (Wildman–Crippen LogP) is 4.17. The average Bonchev–Trinajstić information content (AvgIpc) is 2.40. The Balaban J connectivity index is 3.05. The normalized spacial score (nSPS) is 12.7. The van der Waals surface area contributed by atoms with E-state index in [2.05, 4.69) is 23.4 Å². The summed E-state index contributed by atoms with van der Waals surface area (Å²) in [6.45, 7) is 6.96. The van der Waals surface area contributed by atoms with E-state index in [4.69, 9.17) is 0 Å². The summed E-state index contributed by atoms with van der Waals surface area (Å²) in [5.41, 5.74) is 0.548. The van der Waals surface area contributed by atoms with Gasteiger partial charge in [-0.2, -0.15) is 0 Å². The van der Waals surface area contributed by atoms with Crippen LogP contribution in [0.2, 0.25) is 0 Å². The highest BCUT2D eigenvalue weighted by Crippen LogP contribution is 2.26. The topological polar surface area (TPSA) is 65.2 Å². The second-order valence-electron chi connectivity index (χ2n) is 3.26. The molecule has 0 atom stereocenters. The van der Waals surface area contributed by atoms with Crippen molar-refractivity contribution in [2.75, 3.05) is 0 Å². The van der Waals surface area contributed by atoms with Gasteiger partial charge in [0.15, 0.2) is 0 Å². The van der Waals surface area contributed by atoms with E-state index in [0.717, 1.165) is 0 Å². The summed E-state index contributed by atoms with van der Waals surface area (Å²) >= 11 is 0. The molecule has 1 aromatic carbocycles. The lowest BCUT2D eigenvalue weighted by atomic mass is 10.3. The largest absolute Gasteiger partial charge is 0.506 e. The Bertz CT molecular complexity index is 528. The van der Waals surface area contributed by atoms with E-state index in [0.29, 0.717) is 5.69 Å². The third kappa shape index (κ3) is 3.75. The molecule has 92 valence electrons. The minimum Gasteiger partial charge on any atom is -0.506 e. The van der Waals surface area contributed by atoms with Gasteiger partial charge in [0.2, 0.25) is 0 Å². The second kappa shape index (κ2) is 6.85. The van der Waals surface area contributed by atoms with Crippen LogP contribution in [0.25, 0.3) is 0 Å². The smallest absolute Gasteiger partial charge is 0.143 e. The van der Waals surface area contributed by atoms with E-state index in [9.17, 15) is 10.2 Å². The molecule has 4 nitrogen and oxygen atoms in total. The highest BCUT2D eigenvalue weighted by atomic mass is 16.3. The van der Waals surface area contributed by atoms with Gasteiger partial charge in [-0.1, -0.05) is 37.4 Å². The van der Waals surface area contributed by atoms with Crippen LogP contribution in [0.3, 0.4) is 0 Å². The maximum atomic E-state index is 9.55. The van der Waals surface area contributed by atoms with Gasteiger partial charge in [0.05, 0.1) is 0 Å². The number of phenolic OH excluding ortho intramolecular Hbond substituents is 1. The highest BCUT2D eigenvalue weighted by Gasteiger charge is 1.99. The molecular formula is C14H14N2O2. The fourth-order valence-corrected chi connectivity index (χ4v) is 1.09. The van der Waals surface area contributed by atoms with Crippen molar-refractivity contribution in [3.05, 3.63) is 73.2 Å². The molecule has 2 N–H and O–H groups in total. The lowest BCUT2D eigenvalue weighted by Gasteiger charge is -1.98. The average molecular weight is 242 g/mol. The monoisotopic (exact) mass is 242 g/mol. The van der Waals surface area contributed by atoms with Gasteiger partial charge < -0.3 is 10.2 Å². The summed E-state index contributed by atoms with van der Waals surface area (Å²) in [7, 11) is 0. The van der Waals surface area contributed by atoms with E-state index in [1.54, 1.807) is 30.4 Å². The lowest BCUT2D eigenvalue weighted by Crippen LogP contribution is -1.81. The van der Waals surface area contributed by atoms with E-state index in [1.807, 2.05) is 0 Å². The third-order valence-electron chi connectivity index (χ3n) is 1.99. The molecule has 0 spiro atoms. The highest BCUT2D eigenvalue weighted by molar-refractivity contribution is 5.49. The van der Waals surface area contributed by atoms with Crippen molar-refractivity contribution in [3.8, 4) is 5.75 Å². The molecule has 0 fully saturated rings. The van der Waals surface area contributed by atoms with Crippen LogP contribution in [-0.2, 0) is 0 Å². The van der Waals surface area contributed by atoms with E-state index in [1.165, 1.54) is 18.2 Å². The zero-order valence-corrected chi connectivity index (χ0v) is 9.82. The Labute approximate surface area is 106 Å². The van der Waals surface area contributed by atoms with E-state index in [-0.39, 0.29) is 17.2 Å². The number of allylic oxidation sites excluding steroid dienone is 4. The first-order valence-electron chi connectivity index (χ1n) is 5.23. The number of aliphatic hydroxyl groups is 1. The first kappa shape index (κ1) is 13.4. The molecule has 0 aliphatic rings. The number of phenols is 1. The minimum atomic E-state index is -0.104. The van der Waals surface area contributed by atoms with Crippen LogP contribution in [-0.4, -0.2) is 10.2 Å². The molecule has 0 amide bonds. The molecule has 0 saturated carbocycles. The summed E-state index contributed by atoms with van der Waals surface area (Å²) in [6.07, 6.45) is 5.95. The number of para-hydroxylation sites is 1. The number of nitrogens with zero attached hydrogens (tertiary/aromatic N) is 2. The van der Waals surface area contributed by atoms with Crippen LogP contribution in [0.5, 0.6) is 5.75 Å². The summed E-state index contributed by atoms with van der Waals surface area (Å²) < 4.78 is 0. The van der Waals surface area contributed by atoms with Gasteiger partial charge in [-0.3, -0.25) is 0 Å². The maximum Gasteiger partial charge on any atom is 0.143 e. The SMILES string of the molecule is C=C/C=C\C(N=Nc1ccccc1O)=C(\O)C=C. The van der Waals surface area contributed by atoms with Crippen LogP contribution in [0.15, 0.2) is 83.4 Å². The van der Waals surface area contributed by atoms with Crippen LogP contribution < -0.4 is 0 Å². The predicted molar refractivity (Wildman–Crippen MR) is 71.8 cm³/mol. The molecule has 1 aromatic rings. The number of hydrogen-bond donors (Lipinski definition) is 2. The van der Waals surface area contributed by atoms with E-state index < -0.39 is 0 Å². The lowest BCUT2D eigenvalue weighted by molar-refractivity contribution is 0.426. The van der Waals surface area contributed by atoms with Gasteiger partial charge in [-0.05, 0) is 24.3 Å². The Morgan fingerprint density at radius 1 is 1.22 bits per heavy atom. The molecule has 4 heteroatoms. The standard InChI is InChI=1S/C14H14N2O2/c1-3-5-8-11(13(17)4-2)15-16-12-9-6-7-10-14(12)18/h3-10,17-18H,1-2H2/b8-5-,13-11-,16-15?. The van der Waals surface area contributed by atoms with Crippen LogP contribution in [0, 0.1) is 0 Å². The molecule has 0 saturated heterocycles. The number of aromatic hydroxyl groups is 1. The Kier molecular flexibility index (Phi) is 5.12. The minimum absolute atomic E-state index is 0.0198. The number of aliphatic hydroxyl groups excluding tert-OH is 1. The molecule has 1 rings (SSSR count). The van der Waals surface area contributed by atoms with Crippen molar-refractivity contribution in [2.45, 2.75) is 0 Å². The zero-order chi connectivity index (χ0) is 13.4. The quantitative estimate of drug-likeness (QED) is 0.462. The molecule has 0 heterocycles. The van der Waals surface area contributed by atoms with Crippen molar-refractivity contribution >= 4 is 5.69 Å². The van der Waals surface area contributed by atoms with Crippen LogP contribution in [0.1, 0.15) is 0 Å². The van der Waals surface area contributed by atoms with Gasteiger partial charge in [-0.25, -0.2) is 0 Å². The summed E-state index contributed by atoms with van der Waals surface area (Å²) in [6, 6.07) is 6.53. The van der Waals surface area contributed by atoms with Crippen molar-refractivity contribution in [3.63, 3.8) is 0 Å². The number of azo groups is 1. The zero-order valence-electron chi connectivity index (χ0n) is 9.82. The summed E-state index contributed by atoms with van der Waals surface area (Å²) in [4.78, 5) is 0. The van der Waals surface area contributed by atoms with Crippen LogP contribution in [0.4, 0.5) is 5.69 Å². The van der Waals surface area contributed by atoms with Gasteiger partial charge in [0.25, 0.3) is 0 Å². The molecule has 0 radical (unpaired) electrons. The molecule has 0 bridgehead atoms. The van der Waals surface area contributed by atoms with Crippen molar-refractivity contribution < 1.29 is 10.2 Å². The van der Waals surface area contributed by atoms with Gasteiger partial charge in [0.1, 0.15) is 22.9 Å². The van der Waals surface area contributed by atoms with Crippen molar-refractivity contribution in [1.82, 2.24) is 0 Å². The van der Waals surface area contributed by atoms with Crippen molar-refractivity contribution in [2.24, 2.45) is 10.2 Å². The van der Waals surface area contributed by atoms with Gasteiger partial charge in [0, 0.05) is 0 Å². The molecule has 0 aliphatic carbocycles. The number of rotatable bonds is 5. The summed E-state index contributed by atoms with van der Waals surface area (Å²) in [5.74, 6) is -0.0846. The Morgan fingerprint density at radius 3 is 2.56 bits per heavy atom. The first-order chi connectivity index (χ1) is 8.69. The summed E-state index contributed by atoms with van der Waals surface area (Å²) in [5, 5.41) is 26.8. The number of benzene rings is 1. The van der Waals surface area contributed by atoms with Gasteiger partial charge >= 0.3 is 0 Å². The molecule has 0 aliphatic heterocycles. The third-order valence-corrected chi connectivity index (χ3v) is 1.99. The van der Waals surface area contributed by atoms with Gasteiger partial charge in [-0.15, -0.1) is 10.2 Å². The van der Waals surface area contributed by atoms with Crippen LogP contribution >= 0.6 is 0 Å². The molecule has 18 heavy (non-hydrogen) atoms. The molecular weight excluding hydrogens is 228 g/mol. The maximum absolute atomic E-state index is 9.55. The second-order valence-corrected chi connectivity index (χ2v) is 3.26. The Hall–Kier alpha value is -2.62. The van der Waals surface area contributed by atoms with E-state index >= 15 is 0 Å². The number of hydrogen-bond acceptors (Lipinski definition) is 4. The van der Waals surface area contributed by atoms with Crippen molar-refractivity contribution in [1.29, 1.82) is 0 Å². The molecule has 0 unspecified atom stereocenters. The molecule has 0 aromatic heterocycles. The fraction of sp³-hybridized carbons (Fsp3) is 0. The Morgan fingerprint density at radius 2 is 1.94 bits per heavy atom. The fourth-order valence-electron chi connectivity index (χ4n) is 1.09.